The molecule has 0 unspecified atom stereocenters. The number of nitro groups is 1. The SMILES string of the molecule is O=C(OCc1ccc(-c2ccccc2)cc1)c1ccc(Cl)c([N+](=O)[O-])c1. The number of hydrogen-bond acceptors (Lipinski definition) is 4. The van der Waals surface area contributed by atoms with E-state index in [9.17, 15) is 14.9 Å². The van der Waals surface area contributed by atoms with E-state index in [1.165, 1.54) is 12.1 Å². The van der Waals surface area contributed by atoms with Gasteiger partial charge < -0.3 is 4.74 Å². The van der Waals surface area contributed by atoms with Crippen molar-refractivity contribution in [1.29, 1.82) is 0 Å². The van der Waals surface area contributed by atoms with Crippen molar-refractivity contribution >= 4 is 23.3 Å². The highest BCUT2D eigenvalue weighted by Crippen LogP contribution is 2.25. The lowest BCUT2D eigenvalue weighted by molar-refractivity contribution is -0.384. The van der Waals surface area contributed by atoms with E-state index in [-0.39, 0.29) is 22.9 Å². The highest BCUT2D eigenvalue weighted by atomic mass is 35.5. The Morgan fingerprint density at radius 3 is 2.27 bits per heavy atom. The number of rotatable bonds is 5. The zero-order valence-corrected chi connectivity index (χ0v) is 14.3. The molecule has 3 aromatic rings. The molecule has 0 aliphatic rings. The summed E-state index contributed by atoms with van der Waals surface area (Å²) in [7, 11) is 0. The van der Waals surface area contributed by atoms with Gasteiger partial charge in [-0.2, -0.15) is 0 Å². The van der Waals surface area contributed by atoms with Crippen molar-refractivity contribution in [3.05, 3.63) is 99.1 Å². The van der Waals surface area contributed by atoms with E-state index >= 15 is 0 Å². The van der Waals surface area contributed by atoms with Crippen molar-refractivity contribution in [2.45, 2.75) is 6.61 Å². The lowest BCUT2D eigenvalue weighted by Crippen LogP contribution is -2.06. The number of carbonyl (C=O) groups is 1. The van der Waals surface area contributed by atoms with Gasteiger partial charge in [-0.15, -0.1) is 0 Å². The maximum atomic E-state index is 12.1. The first-order valence-electron chi connectivity index (χ1n) is 7.80. The predicted molar refractivity (Wildman–Crippen MR) is 99.1 cm³/mol. The van der Waals surface area contributed by atoms with Crippen molar-refractivity contribution in [3.63, 3.8) is 0 Å². The maximum Gasteiger partial charge on any atom is 0.338 e. The number of nitro benzene ring substituents is 1. The van der Waals surface area contributed by atoms with Gasteiger partial charge in [0.2, 0.25) is 0 Å². The van der Waals surface area contributed by atoms with Crippen molar-refractivity contribution in [1.82, 2.24) is 0 Å². The Morgan fingerprint density at radius 2 is 1.62 bits per heavy atom. The van der Waals surface area contributed by atoms with Crippen molar-refractivity contribution < 1.29 is 14.5 Å². The standard InChI is InChI=1S/C20H14ClNO4/c21-18-11-10-17(12-19(18)22(24)25)20(23)26-13-14-6-8-16(9-7-14)15-4-2-1-3-5-15/h1-12H,13H2. The van der Waals surface area contributed by atoms with Gasteiger partial charge in [-0.1, -0.05) is 66.2 Å². The summed E-state index contributed by atoms with van der Waals surface area (Å²) in [4.78, 5) is 22.4. The Hall–Kier alpha value is -3.18. The molecule has 0 spiro atoms. The van der Waals surface area contributed by atoms with Gasteiger partial charge in [0, 0.05) is 6.07 Å². The number of halogens is 1. The van der Waals surface area contributed by atoms with Crippen LogP contribution in [-0.4, -0.2) is 10.9 Å². The minimum absolute atomic E-state index is 0.0250. The van der Waals surface area contributed by atoms with Gasteiger partial charge in [0.25, 0.3) is 5.69 Å². The molecule has 0 atom stereocenters. The van der Waals surface area contributed by atoms with Crippen LogP contribution >= 0.6 is 11.6 Å². The fraction of sp³-hybridized carbons (Fsp3) is 0.0500. The van der Waals surface area contributed by atoms with E-state index in [0.29, 0.717) is 0 Å². The van der Waals surface area contributed by atoms with Crippen LogP contribution in [0.4, 0.5) is 5.69 Å². The Morgan fingerprint density at radius 1 is 0.962 bits per heavy atom. The molecular weight excluding hydrogens is 354 g/mol. The highest BCUT2D eigenvalue weighted by molar-refractivity contribution is 6.32. The summed E-state index contributed by atoms with van der Waals surface area (Å²) in [6, 6.07) is 21.4. The van der Waals surface area contributed by atoms with Crippen LogP contribution in [0.5, 0.6) is 0 Å². The maximum absolute atomic E-state index is 12.1. The molecule has 26 heavy (non-hydrogen) atoms. The zero-order valence-electron chi connectivity index (χ0n) is 13.6. The van der Waals surface area contributed by atoms with Gasteiger partial charge in [-0.25, -0.2) is 4.79 Å². The Bertz CT molecular complexity index is 940. The van der Waals surface area contributed by atoms with E-state index in [0.717, 1.165) is 22.8 Å². The molecule has 0 bridgehead atoms. The van der Waals surface area contributed by atoms with Crippen LogP contribution in [0.25, 0.3) is 11.1 Å². The Kier molecular flexibility index (Phi) is 5.29. The van der Waals surface area contributed by atoms with E-state index in [2.05, 4.69) is 0 Å². The lowest BCUT2D eigenvalue weighted by atomic mass is 10.0. The van der Waals surface area contributed by atoms with Crippen molar-refractivity contribution in [2.24, 2.45) is 0 Å². The van der Waals surface area contributed by atoms with Crippen LogP contribution < -0.4 is 0 Å². The molecule has 0 aliphatic heterocycles. The molecule has 5 nitrogen and oxygen atoms in total. The summed E-state index contributed by atoms with van der Waals surface area (Å²) >= 11 is 5.74. The summed E-state index contributed by atoms with van der Waals surface area (Å²) in [6.45, 7) is 0.0737. The largest absolute Gasteiger partial charge is 0.457 e. The second kappa shape index (κ2) is 7.80. The average molecular weight is 368 g/mol. The second-order valence-corrected chi connectivity index (χ2v) is 5.97. The normalized spacial score (nSPS) is 10.3. The second-order valence-electron chi connectivity index (χ2n) is 5.56. The molecule has 6 heteroatoms. The quantitative estimate of drug-likeness (QED) is 0.350. The molecule has 3 rings (SSSR count). The minimum atomic E-state index is -0.642. The van der Waals surface area contributed by atoms with Crippen LogP contribution in [0.3, 0.4) is 0 Å². The molecular formula is C20H14ClNO4. The Labute approximate surface area is 155 Å². The molecule has 0 aliphatic carbocycles. The van der Waals surface area contributed by atoms with Gasteiger partial charge in [0.1, 0.15) is 11.6 Å². The molecule has 0 heterocycles. The smallest absolute Gasteiger partial charge is 0.338 e. The molecule has 0 saturated heterocycles. The fourth-order valence-corrected chi connectivity index (χ4v) is 2.62. The van der Waals surface area contributed by atoms with E-state index in [4.69, 9.17) is 16.3 Å². The predicted octanol–water partition coefficient (Wildman–Crippen LogP) is 5.27. The molecule has 0 amide bonds. The number of carbonyl (C=O) groups excluding carboxylic acids is 1. The summed E-state index contributed by atoms with van der Waals surface area (Å²) in [5.41, 5.74) is 2.75. The van der Waals surface area contributed by atoms with Gasteiger partial charge in [-0.3, -0.25) is 10.1 Å². The number of nitrogens with zero attached hydrogens (tertiary/aromatic N) is 1. The molecule has 0 saturated carbocycles. The zero-order chi connectivity index (χ0) is 18.5. The van der Waals surface area contributed by atoms with Crippen molar-refractivity contribution in [2.75, 3.05) is 0 Å². The van der Waals surface area contributed by atoms with Crippen molar-refractivity contribution in [3.8, 4) is 11.1 Å². The minimum Gasteiger partial charge on any atom is -0.457 e. The third-order valence-electron chi connectivity index (χ3n) is 3.81. The van der Waals surface area contributed by atoms with Crippen LogP contribution in [0.15, 0.2) is 72.8 Å². The van der Waals surface area contributed by atoms with Gasteiger partial charge in [0.15, 0.2) is 0 Å². The summed E-state index contributed by atoms with van der Waals surface area (Å²) in [5.74, 6) is -0.642. The van der Waals surface area contributed by atoms with Gasteiger partial charge in [-0.05, 0) is 28.8 Å². The molecule has 0 fully saturated rings. The van der Waals surface area contributed by atoms with Crippen LogP contribution in [-0.2, 0) is 11.3 Å². The van der Waals surface area contributed by atoms with E-state index in [1.807, 2.05) is 54.6 Å². The topological polar surface area (TPSA) is 69.4 Å². The fourth-order valence-electron chi connectivity index (χ4n) is 2.44. The summed E-state index contributed by atoms with van der Waals surface area (Å²) in [5, 5.41) is 10.9. The average Bonchev–Trinajstić information content (AvgIpc) is 2.67. The first-order chi connectivity index (χ1) is 12.5. The Balaban J connectivity index is 1.66. The third kappa shape index (κ3) is 4.07. The number of ether oxygens (including phenoxy) is 1. The van der Waals surface area contributed by atoms with Gasteiger partial charge in [0.05, 0.1) is 10.5 Å². The first kappa shape index (κ1) is 17.6. The molecule has 0 N–H and O–H groups in total. The molecule has 130 valence electrons. The summed E-state index contributed by atoms with van der Waals surface area (Å²) in [6.07, 6.45) is 0. The number of hydrogen-bond donors (Lipinski definition) is 0. The van der Waals surface area contributed by atoms with Crippen LogP contribution in [0.1, 0.15) is 15.9 Å². The third-order valence-corrected chi connectivity index (χ3v) is 4.13. The molecule has 0 aromatic heterocycles. The molecule has 3 aromatic carbocycles. The number of benzene rings is 3. The van der Waals surface area contributed by atoms with E-state index in [1.54, 1.807) is 0 Å². The van der Waals surface area contributed by atoms with Gasteiger partial charge >= 0.3 is 5.97 Å². The van der Waals surface area contributed by atoms with Crippen LogP contribution in [0, 0.1) is 10.1 Å². The highest BCUT2D eigenvalue weighted by Gasteiger charge is 2.17. The van der Waals surface area contributed by atoms with E-state index < -0.39 is 10.9 Å². The monoisotopic (exact) mass is 367 g/mol. The summed E-state index contributed by atoms with van der Waals surface area (Å²) < 4.78 is 5.23. The lowest BCUT2D eigenvalue weighted by Gasteiger charge is -2.07. The number of esters is 1. The first-order valence-corrected chi connectivity index (χ1v) is 8.18. The molecule has 0 radical (unpaired) electrons. The van der Waals surface area contributed by atoms with Crippen LogP contribution in [0.2, 0.25) is 5.02 Å².